The second kappa shape index (κ2) is 5.86. The van der Waals surface area contributed by atoms with Crippen LogP contribution in [-0.2, 0) is 6.54 Å². The van der Waals surface area contributed by atoms with E-state index in [0.717, 1.165) is 16.7 Å². The summed E-state index contributed by atoms with van der Waals surface area (Å²) in [7, 11) is 0. The predicted molar refractivity (Wildman–Crippen MR) is 77.1 cm³/mol. The third-order valence-electron chi connectivity index (χ3n) is 3.29. The van der Waals surface area contributed by atoms with E-state index in [9.17, 15) is 5.11 Å². The molecule has 1 aromatic heterocycles. The van der Waals surface area contributed by atoms with Crippen LogP contribution in [0.1, 0.15) is 17.4 Å². The lowest BCUT2D eigenvalue weighted by atomic mass is 10.0. The van der Waals surface area contributed by atoms with Crippen LogP contribution < -0.4 is 5.32 Å². The smallest absolute Gasteiger partial charge is 0.150 e. The molecule has 4 nitrogen and oxygen atoms in total. The Kier molecular flexibility index (Phi) is 3.76. The van der Waals surface area contributed by atoms with Crippen molar-refractivity contribution in [3.8, 4) is 0 Å². The summed E-state index contributed by atoms with van der Waals surface area (Å²) in [6.45, 7) is 1.03. The summed E-state index contributed by atoms with van der Waals surface area (Å²) in [5.41, 5.74) is 0.911. The number of nitrogens with one attached hydrogen (secondary N) is 1. The van der Waals surface area contributed by atoms with E-state index >= 15 is 0 Å². The van der Waals surface area contributed by atoms with Gasteiger partial charge in [0, 0.05) is 12.6 Å². The van der Waals surface area contributed by atoms with Gasteiger partial charge in [-0.25, -0.2) is 0 Å². The summed E-state index contributed by atoms with van der Waals surface area (Å²) in [6.07, 6.45) is 1.07. The second-order valence-corrected chi connectivity index (χ2v) is 4.73. The van der Waals surface area contributed by atoms with Gasteiger partial charge in [-0.05, 0) is 22.4 Å². The van der Waals surface area contributed by atoms with Crippen molar-refractivity contribution in [2.45, 2.75) is 12.6 Å². The van der Waals surface area contributed by atoms with Gasteiger partial charge in [-0.2, -0.15) is 0 Å². The van der Waals surface area contributed by atoms with Crippen molar-refractivity contribution >= 4 is 10.8 Å². The highest BCUT2D eigenvalue weighted by atomic mass is 16.5. The molecule has 0 radical (unpaired) electrons. The van der Waals surface area contributed by atoms with Gasteiger partial charge in [0.15, 0.2) is 0 Å². The first-order valence-corrected chi connectivity index (χ1v) is 6.60. The number of rotatable bonds is 5. The lowest BCUT2D eigenvalue weighted by molar-refractivity contribution is 0.173. The molecule has 0 aliphatic rings. The molecule has 20 heavy (non-hydrogen) atoms. The summed E-state index contributed by atoms with van der Waals surface area (Å²) in [5, 5.41) is 19.3. The zero-order valence-corrected chi connectivity index (χ0v) is 11.0. The largest absolute Gasteiger partial charge is 0.387 e. The number of hydrogen-bond donors (Lipinski definition) is 2. The normalized spacial score (nSPS) is 12.7. The van der Waals surface area contributed by atoms with Crippen LogP contribution in [-0.4, -0.2) is 16.8 Å². The minimum atomic E-state index is -0.539. The van der Waals surface area contributed by atoms with Gasteiger partial charge < -0.3 is 14.9 Å². The summed E-state index contributed by atoms with van der Waals surface area (Å²) in [5.74, 6) is 0.760. The van der Waals surface area contributed by atoms with Gasteiger partial charge in [0.25, 0.3) is 0 Å². The molecule has 102 valence electrons. The van der Waals surface area contributed by atoms with E-state index in [-0.39, 0.29) is 0 Å². The van der Waals surface area contributed by atoms with Gasteiger partial charge >= 0.3 is 0 Å². The van der Waals surface area contributed by atoms with E-state index in [2.05, 4.69) is 16.5 Å². The SMILES string of the molecule is OC(CNCc1ccno1)c1ccc2ccccc2c1. The molecule has 0 amide bonds. The number of aliphatic hydroxyl groups is 1. The van der Waals surface area contributed by atoms with Crippen LogP contribution in [0.4, 0.5) is 0 Å². The van der Waals surface area contributed by atoms with E-state index in [1.165, 1.54) is 5.39 Å². The van der Waals surface area contributed by atoms with E-state index in [1.54, 1.807) is 12.3 Å². The maximum absolute atomic E-state index is 10.2. The Morgan fingerprint density at radius 3 is 2.75 bits per heavy atom. The standard InChI is InChI=1S/C16H16N2O2/c19-16(11-17-10-15-7-8-18-20-15)14-6-5-12-3-1-2-4-13(12)9-14/h1-9,16-17,19H,10-11H2. The Labute approximate surface area is 117 Å². The number of aromatic nitrogens is 1. The molecule has 0 bridgehead atoms. The average Bonchev–Trinajstić information content (AvgIpc) is 3.00. The lowest BCUT2D eigenvalue weighted by Crippen LogP contribution is -2.20. The van der Waals surface area contributed by atoms with E-state index in [4.69, 9.17) is 4.52 Å². The molecule has 0 fully saturated rings. The Morgan fingerprint density at radius 2 is 1.95 bits per heavy atom. The van der Waals surface area contributed by atoms with Gasteiger partial charge in [0.2, 0.25) is 0 Å². The fourth-order valence-corrected chi connectivity index (χ4v) is 2.20. The van der Waals surface area contributed by atoms with Crippen LogP contribution in [0.5, 0.6) is 0 Å². The van der Waals surface area contributed by atoms with E-state index < -0.39 is 6.10 Å². The number of benzene rings is 2. The van der Waals surface area contributed by atoms with Crippen molar-refractivity contribution in [3.05, 3.63) is 66.1 Å². The number of hydrogen-bond acceptors (Lipinski definition) is 4. The van der Waals surface area contributed by atoms with Crippen molar-refractivity contribution < 1.29 is 9.63 Å². The van der Waals surface area contributed by atoms with Gasteiger partial charge in [-0.3, -0.25) is 0 Å². The number of nitrogens with zero attached hydrogens (tertiary/aromatic N) is 1. The molecular formula is C16H16N2O2. The zero-order chi connectivity index (χ0) is 13.8. The molecule has 0 saturated carbocycles. The van der Waals surface area contributed by atoms with Crippen LogP contribution >= 0.6 is 0 Å². The lowest BCUT2D eigenvalue weighted by Gasteiger charge is -2.12. The molecule has 0 spiro atoms. The highest BCUT2D eigenvalue weighted by Gasteiger charge is 2.08. The molecular weight excluding hydrogens is 252 g/mol. The molecule has 3 rings (SSSR count). The Balaban J connectivity index is 1.64. The first kappa shape index (κ1) is 12.8. The number of aliphatic hydroxyl groups excluding tert-OH is 1. The maximum Gasteiger partial charge on any atom is 0.150 e. The highest BCUT2D eigenvalue weighted by Crippen LogP contribution is 2.20. The van der Waals surface area contributed by atoms with Crippen LogP contribution in [0.2, 0.25) is 0 Å². The Morgan fingerprint density at radius 1 is 1.10 bits per heavy atom. The average molecular weight is 268 g/mol. The van der Waals surface area contributed by atoms with Gasteiger partial charge in [0.1, 0.15) is 5.76 Å². The van der Waals surface area contributed by atoms with Gasteiger partial charge in [0.05, 0.1) is 18.8 Å². The maximum atomic E-state index is 10.2. The first-order chi connectivity index (χ1) is 9.83. The third-order valence-corrected chi connectivity index (χ3v) is 3.29. The molecule has 2 N–H and O–H groups in total. The van der Waals surface area contributed by atoms with Crippen molar-refractivity contribution in [1.82, 2.24) is 10.5 Å². The van der Waals surface area contributed by atoms with Crippen molar-refractivity contribution in [1.29, 1.82) is 0 Å². The quantitative estimate of drug-likeness (QED) is 0.747. The van der Waals surface area contributed by atoms with E-state index in [0.29, 0.717) is 13.1 Å². The van der Waals surface area contributed by atoms with Gasteiger partial charge in [-0.1, -0.05) is 41.6 Å². The molecule has 4 heteroatoms. The molecule has 0 aliphatic carbocycles. The third kappa shape index (κ3) is 2.87. The highest BCUT2D eigenvalue weighted by molar-refractivity contribution is 5.83. The second-order valence-electron chi connectivity index (χ2n) is 4.73. The minimum absolute atomic E-state index is 0.471. The van der Waals surface area contributed by atoms with Crippen molar-refractivity contribution in [2.24, 2.45) is 0 Å². The monoisotopic (exact) mass is 268 g/mol. The molecule has 2 aromatic carbocycles. The number of fused-ring (bicyclic) bond motifs is 1. The van der Waals surface area contributed by atoms with E-state index in [1.807, 2.05) is 36.4 Å². The van der Waals surface area contributed by atoms with Crippen molar-refractivity contribution in [3.63, 3.8) is 0 Å². The summed E-state index contributed by atoms with van der Waals surface area (Å²) in [6, 6.07) is 15.9. The summed E-state index contributed by atoms with van der Waals surface area (Å²) >= 11 is 0. The topological polar surface area (TPSA) is 58.3 Å². The fraction of sp³-hybridized carbons (Fsp3) is 0.188. The Hall–Kier alpha value is -2.17. The van der Waals surface area contributed by atoms with Crippen LogP contribution in [0.15, 0.2) is 59.3 Å². The van der Waals surface area contributed by atoms with Gasteiger partial charge in [-0.15, -0.1) is 0 Å². The van der Waals surface area contributed by atoms with Crippen LogP contribution in [0.3, 0.4) is 0 Å². The zero-order valence-electron chi connectivity index (χ0n) is 11.0. The molecule has 3 aromatic rings. The summed E-state index contributed by atoms with van der Waals surface area (Å²) < 4.78 is 4.98. The molecule has 0 aliphatic heterocycles. The molecule has 1 unspecified atom stereocenters. The molecule has 0 saturated heterocycles. The Bertz CT molecular complexity index is 680. The fourth-order valence-electron chi connectivity index (χ4n) is 2.20. The first-order valence-electron chi connectivity index (χ1n) is 6.60. The molecule has 1 heterocycles. The summed E-state index contributed by atoms with van der Waals surface area (Å²) in [4.78, 5) is 0. The van der Waals surface area contributed by atoms with Crippen LogP contribution in [0.25, 0.3) is 10.8 Å². The van der Waals surface area contributed by atoms with Crippen molar-refractivity contribution in [2.75, 3.05) is 6.54 Å². The molecule has 1 atom stereocenters. The minimum Gasteiger partial charge on any atom is -0.387 e. The predicted octanol–water partition coefficient (Wildman–Crippen LogP) is 2.65. The van der Waals surface area contributed by atoms with Crippen LogP contribution in [0, 0.1) is 0 Å².